The smallest absolute Gasteiger partial charge is 0.264 e. The van der Waals surface area contributed by atoms with Gasteiger partial charge in [-0.15, -0.1) is 0 Å². The molecule has 10 heteroatoms. The summed E-state index contributed by atoms with van der Waals surface area (Å²) in [5.41, 5.74) is 1.12. The molecule has 0 saturated carbocycles. The highest BCUT2D eigenvalue weighted by atomic mass is 32.2. The van der Waals surface area contributed by atoms with E-state index in [1.165, 1.54) is 30.3 Å². The zero-order valence-electron chi connectivity index (χ0n) is 12.0. The highest BCUT2D eigenvalue weighted by Crippen LogP contribution is 2.24. The van der Waals surface area contributed by atoms with Crippen molar-refractivity contribution in [2.45, 2.75) is 4.90 Å². The number of fused-ring (bicyclic) bond motifs is 1. The number of aliphatic carboxylic acids is 1. The maximum absolute atomic E-state index is 12.5. The van der Waals surface area contributed by atoms with Gasteiger partial charge in [0.05, 0.1) is 17.7 Å². The number of carboxylic acid groups (broad SMARTS) is 1. The molecule has 0 aliphatic rings. The van der Waals surface area contributed by atoms with Crippen LogP contribution in [0.5, 0.6) is 5.75 Å². The fourth-order valence-corrected chi connectivity index (χ4v) is 3.80. The van der Waals surface area contributed by atoms with Gasteiger partial charge in [0.15, 0.2) is 0 Å². The van der Waals surface area contributed by atoms with Crippen LogP contribution in [-0.4, -0.2) is 29.7 Å². The summed E-state index contributed by atoms with van der Waals surface area (Å²) in [6.07, 6.45) is 0. The van der Waals surface area contributed by atoms with E-state index in [-0.39, 0.29) is 10.6 Å². The van der Waals surface area contributed by atoms with E-state index < -0.39 is 22.6 Å². The van der Waals surface area contributed by atoms with Gasteiger partial charge in [-0.3, -0.25) is 4.72 Å². The summed E-state index contributed by atoms with van der Waals surface area (Å²) in [4.78, 5) is 10.4. The number of carbonyl (C=O) groups excluding carboxylic acids is 1. The molecule has 0 amide bonds. The molecule has 8 nitrogen and oxygen atoms in total. The minimum atomic E-state index is -3.84. The third-order valence-electron chi connectivity index (χ3n) is 3.00. The van der Waals surface area contributed by atoms with E-state index in [1.54, 1.807) is 12.1 Å². The van der Waals surface area contributed by atoms with Crippen molar-refractivity contribution in [3.63, 3.8) is 0 Å². The first-order valence-corrected chi connectivity index (χ1v) is 8.84. The Morgan fingerprint density at radius 3 is 2.62 bits per heavy atom. The summed E-state index contributed by atoms with van der Waals surface area (Å²) < 4.78 is 40.4. The average molecular weight is 364 g/mol. The zero-order chi connectivity index (χ0) is 17.2. The van der Waals surface area contributed by atoms with Crippen molar-refractivity contribution < 1.29 is 23.1 Å². The van der Waals surface area contributed by atoms with Gasteiger partial charge < -0.3 is 14.6 Å². The first-order valence-electron chi connectivity index (χ1n) is 6.62. The summed E-state index contributed by atoms with van der Waals surface area (Å²) >= 11 is 0.937. The fourth-order valence-electron chi connectivity index (χ4n) is 1.97. The molecule has 124 valence electrons. The molecule has 0 aliphatic heterocycles. The summed E-state index contributed by atoms with van der Waals surface area (Å²) in [6.45, 7) is -0.579. The number of sulfonamides is 1. The normalized spacial score (nSPS) is 11.3. The molecule has 1 heterocycles. The summed E-state index contributed by atoms with van der Waals surface area (Å²) in [5, 5.41) is 10.3. The van der Waals surface area contributed by atoms with E-state index in [2.05, 4.69) is 13.5 Å². The Labute approximate surface area is 141 Å². The molecule has 0 aliphatic carbocycles. The Morgan fingerprint density at radius 2 is 1.92 bits per heavy atom. The van der Waals surface area contributed by atoms with E-state index in [1.807, 2.05) is 0 Å². The van der Waals surface area contributed by atoms with Crippen LogP contribution in [0.2, 0.25) is 0 Å². The number of rotatable bonds is 6. The monoisotopic (exact) mass is 364 g/mol. The third-order valence-corrected chi connectivity index (χ3v) is 4.96. The lowest BCUT2D eigenvalue weighted by Crippen LogP contribution is -2.28. The van der Waals surface area contributed by atoms with Crippen LogP contribution in [0.4, 0.5) is 5.69 Å². The third kappa shape index (κ3) is 3.44. The molecule has 0 spiro atoms. The predicted octanol–water partition coefficient (Wildman–Crippen LogP) is 0.621. The Bertz CT molecular complexity index is 983. The van der Waals surface area contributed by atoms with Crippen molar-refractivity contribution in [1.82, 2.24) is 8.75 Å². The zero-order valence-corrected chi connectivity index (χ0v) is 13.6. The number of hydrogen-bond acceptors (Lipinski definition) is 8. The minimum absolute atomic E-state index is 0.0334. The van der Waals surface area contributed by atoms with Gasteiger partial charge >= 0.3 is 0 Å². The van der Waals surface area contributed by atoms with E-state index in [4.69, 9.17) is 4.74 Å². The van der Waals surface area contributed by atoms with Crippen molar-refractivity contribution in [1.29, 1.82) is 0 Å². The van der Waals surface area contributed by atoms with E-state index in [9.17, 15) is 18.3 Å². The van der Waals surface area contributed by atoms with Gasteiger partial charge in [0, 0.05) is 5.69 Å². The molecule has 0 bridgehead atoms. The maximum atomic E-state index is 12.5. The highest BCUT2D eigenvalue weighted by molar-refractivity contribution is 7.93. The van der Waals surface area contributed by atoms with Gasteiger partial charge in [-0.1, -0.05) is 6.07 Å². The van der Waals surface area contributed by atoms with Crippen LogP contribution in [0.25, 0.3) is 11.0 Å². The van der Waals surface area contributed by atoms with Crippen molar-refractivity contribution in [2.24, 2.45) is 0 Å². The number of nitrogens with zero attached hydrogens (tertiary/aromatic N) is 2. The van der Waals surface area contributed by atoms with Gasteiger partial charge in [-0.25, -0.2) is 8.42 Å². The molecular formula is C14H10N3O5S2-. The molecule has 2 aromatic carbocycles. The lowest BCUT2D eigenvalue weighted by molar-refractivity contribution is -0.307. The molecule has 1 N–H and O–H groups in total. The Morgan fingerprint density at radius 1 is 1.17 bits per heavy atom. The van der Waals surface area contributed by atoms with Gasteiger partial charge in [-0.2, -0.15) is 8.75 Å². The minimum Gasteiger partial charge on any atom is -0.546 e. The number of carboxylic acids is 1. The molecule has 24 heavy (non-hydrogen) atoms. The number of ether oxygens (including phenoxy) is 1. The molecule has 0 fully saturated rings. The number of aromatic nitrogens is 2. The standard InChI is InChI=1S/C14H11N3O5S2/c18-13(19)8-22-10-6-4-9(5-7-10)17-24(20,21)12-3-1-2-11-14(12)16-23-15-11/h1-7,17H,8H2,(H,18,19)/p-1. The second-order valence-corrected chi connectivity index (χ2v) is 6.86. The van der Waals surface area contributed by atoms with Gasteiger partial charge in [0.25, 0.3) is 10.0 Å². The van der Waals surface area contributed by atoms with Gasteiger partial charge in [0.1, 0.15) is 28.3 Å². The van der Waals surface area contributed by atoms with Crippen LogP contribution in [0.1, 0.15) is 0 Å². The molecule has 1 aromatic heterocycles. The van der Waals surface area contributed by atoms with Crippen LogP contribution >= 0.6 is 11.7 Å². The van der Waals surface area contributed by atoms with Crippen molar-refractivity contribution in [2.75, 3.05) is 11.3 Å². The Hall–Kier alpha value is -2.72. The Balaban J connectivity index is 1.82. The first-order chi connectivity index (χ1) is 11.5. The van der Waals surface area contributed by atoms with E-state index in [0.29, 0.717) is 16.7 Å². The number of benzene rings is 2. The highest BCUT2D eigenvalue weighted by Gasteiger charge is 2.19. The molecule has 3 rings (SSSR count). The van der Waals surface area contributed by atoms with Crippen molar-refractivity contribution >= 4 is 44.4 Å². The fraction of sp³-hybridized carbons (Fsp3) is 0.0714. The van der Waals surface area contributed by atoms with Crippen molar-refractivity contribution in [3.05, 3.63) is 42.5 Å². The van der Waals surface area contributed by atoms with Crippen LogP contribution in [0, 0.1) is 0 Å². The molecular weight excluding hydrogens is 354 g/mol. The second kappa shape index (κ2) is 6.42. The average Bonchev–Trinajstić information content (AvgIpc) is 3.02. The topological polar surface area (TPSA) is 121 Å². The maximum Gasteiger partial charge on any atom is 0.264 e. The predicted molar refractivity (Wildman–Crippen MR) is 85.2 cm³/mol. The molecule has 0 saturated heterocycles. The lowest BCUT2D eigenvalue weighted by atomic mass is 10.3. The summed E-state index contributed by atoms with van der Waals surface area (Å²) in [5.74, 6) is -1.06. The van der Waals surface area contributed by atoms with Crippen LogP contribution < -0.4 is 14.6 Å². The quantitative estimate of drug-likeness (QED) is 0.680. The van der Waals surface area contributed by atoms with Gasteiger partial charge in [0.2, 0.25) is 0 Å². The van der Waals surface area contributed by atoms with Gasteiger partial charge in [-0.05, 0) is 36.4 Å². The SMILES string of the molecule is O=C([O-])COc1ccc(NS(=O)(=O)c2cccc3nsnc23)cc1. The first kappa shape index (κ1) is 16.1. The molecule has 3 aromatic rings. The van der Waals surface area contributed by atoms with Crippen LogP contribution in [-0.2, 0) is 14.8 Å². The van der Waals surface area contributed by atoms with E-state index in [0.717, 1.165) is 11.7 Å². The largest absolute Gasteiger partial charge is 0.546 e. The summed E-state index contributed by atoms with van der Waals surface area (Å²) in [6, 6.07) is 10.5. The van der Waals surface area contributed by atoms with Crippen LogP contribution in [0.15, 0.2) is 47.4 Å². The van der Waals surface area contributed by atoms with Crippen LogP contribution in [0.3, 0.4) is 0 Å². The molecule has 0 unspecified atom stereocenters. The number of anilines is 1. The number of carbonyl (C=O) groups is 1. The number of nitrogens with one attached hydrogen (secondary N) is 1. The second-order valence-electron chi connectivity index (χ2n) is 4.68. The molecule has 0 radical (unpaired) electrons. The van der Waals surface area contributed by atoms with E-state index >= 15 is 0 Å². The van der Waals surface area contributed by atoms with Crippen molar-refractivity contribution in [3.8, 4) is 5.75 Å². The summed E-state index contributed by atoms with van der Waals surface area (Å²) in [7, 11) is -3.84. The molecule has 0 atom stereocenters. The lowest BCUT2D eigenvalue weighted by Gasteiger charge is -2.10. The Kier molecular flexibility index (Phi) is 4.32. The number of hydrogen-bond donors (Lipinski definition) is 1.